The lowest BCUT2D eigenvalue weighted by Crippen LogP contribution is -2.39. The molecule has 2 aromatic heterocycles. The van der Waals surface area contributed by atoms with Crippen LogP contribution in [0.1, 0.15) is 34.4 Å². The first kappa shape index (κ1) is 18.5. The summed E-state index contributed by atoms with van der Waals surface area (Å²) >= 11 is 3.33. The van der Waals surface area contributed by atoms with Crippen molar-refractivity contribution in [3.63, 3.8) is 0 Å². The molecule has 0 aliphatic rings. The van der Waals surface area contributed by atoms with E-state index in [1.165, 1.54) is 0 Å². The van der Waals surface area contributed by atoms with Gasteiger partial charge in [-0.1, -0.05) is 0 Å². The second-order valence-corrected chi connectivity index (χ2v) is 7.12. The smallest absolute Gasteiger partial charge is 0.255 e. The first-order valence-corrected chi connectivity index (χ1v) is 8.32. The number of aryl methyl sites for hydroxylation is 2. The summed E-state index contributed by atoms with van der Waals surface area (Å²) in [6.07, 6.45) is 1.64. The lowest BCUT2D eigenvalue weighted by atomic mass is 9.96. The first-order valence-electron chi connectivity index (χ1n) is 7.53. The predicted octanol–water partition coefficient (Wildman–Crippen LogP) is 2.76. The summed E-state index contributed by atoms with van der Waals surface area (Å²) in [5.41, 5.74) is -0.124. The molecule has 2 N–H and O–H groups in total. The van der Waals surface area contributed by atoms with Crippen LogP contribution in [0.2, 0.25) is 0 Å². The number of carbonyl (C=O) groups excluding carboxylic acids is 1. The number of carbonyl (C=O) groups is 1. The molecule has 0 aliphatic carbocycles. The van der Waals surface area contributed by atoms with Gasteiger partial charge < -0.3 is 19.7 Å². The summed E-state index contributed by atoms with van der Waals surface area (Å²) in [4.78, 5) is 18.6. The Morgan fingerprint density at radius 3 is 2.62 bits per heavy atom. The first-order chi connectivity index (χ1) is 11.1. The van der Waals surface area contributed by atoms with Crippen molar-refractivity contribution in [1.29, 1.82) is 0 Å². The van der Waals surface area contributed by atoms with Crippen molar-refractivity contribution in [2.45, 2.75) is 26.4 Å². The lowest BCUT2D eigenvalue weighted by molar-refractivity contribution is 0.0514. The number of aliphatic hydroxyl groups is 1. The fourth-order valence-corrected chi connectivity index (χ4v) is 2.90. The summed E-state index contributed by atoms with van der Waals surface area (Å²) in [7, 11) is 3.64. The van der Waals surface area contributed by atoms with E-state index in [1.807, 2.05) is 21.0 Å². The number of furan rings is 1. The molecule has 0 bridgehead atoms. The van der Waals surface area contributed by atoms with Gasteiger partial charge in [0, 0.05) is 30.3 Å². The van der Waals surface area contributed by atoms with Crippen molar-refractivity contribution < 1.29 is 14.3 Å². The molecule has 1 amide bonds. The maximum absolute atomic E-state index is 12.6. The number of hydrogen-bond donors (Lipinski definition) is 2. The molecule has 7 heteroatoms. The number of pyridine rings is 1. The van der Waals surface area contributed by atoms with E-state index in [9.17, 15) is 9.90 Å². The molecule has 1 atom stereocenters. The second-order valence-electron chi connectivity index (χ2n) is 6.20. The third kappa shape index (κ3) is 3.96. The SMILES string of the molecule is Cc1cc([C@](C)(O)CNC(=O)c2cc(Br)cnc2N(C)C)c(C)o1. The van der Waals surface area contributed by atoms with Crippen LogP contribution in [0.25, 0.3) is 0 Å². The van der Waals surface area contributed by atoms with Crippen LogP contribution in [0.5, 0.6) is 0 Å². The van der Waals surface area contributed by atoms with E-state index >= 15 is 0 Å². The Labute approximate surface area is 150 Å². The molecular weight excluding hydrogens is 374 g/mol. The van der Waals surface area contributed by atoms with Gasteiger partial charge in [0.1, 0.15) is 22.9 Å². The average Bonchev–Trinajstić information content (AvgIpc) is 2.84. The summed E-state index contributed by atoms with van der Waals surface area (Å²) in [5, 5.41) is 13.5. The third-order valence-corrected chi connectivity index (χ3v) is 4.15. The number of rotatable bonds is 5. The van der Waals surface area contributed by atoms with Crippen LogP contribution in [-0.2, 0) is 5.60 Å². The van der Waals surface area contributed by atoms with E-state index in [1.54, 1.807) is 37.1 Å². The highest BCUT2D eigenvalue weighted by Gasteiger charge is 2.29. The molecule has 0 saturated carbocycles. The van der Waals surface area contributed by atoms with Gasteiger partial charge in [-0.3, -0.25) is 4.79 Å². The summed E-state index contributed by atoms with van der Waals surface area (Å²) in [6.45, 7) is 5.32. The van der Waals surface area contributed by atoms with Gasteiger partial charge in [0.2, 0.25) is 0 Å². The standard InChI is InChI=1S/C17H22BrN3O3/c1-10-6-14(11(2)24-10)17(3,23)9-20-16(22)13-7-12(18)8-19-15(13)21(4)5/h6-8,23H,9H2,1-5H3,(H,20,22)/t17-/m1/s1. The van der Waals surface area contributed by atoms with Crippen LogP contribution in [0, 0.1) is 13.8 Å². The second kappa shape index (κ2) is 6.94. The topological polar surface area (TPSA) is 78.6 Å². The summed E-state index contributed by atoms with van der Waals surface area (Å²) in [6, 6.07) is 3.49. The molecule has 2 rings (SSSR count). The minimum absolute atomic E-state index is 0.0605. The fraction of sp³-hybridized carbons (Fsp3) is 0.412. The predicted molar refractivity (Wildman–Crippen MR) is 96.4 cm³/mol. The highest BCUT2D eigenvalue weighted by atomic mass is 79.9. The number of nitrogens with zero attached hydrogens (tertiary/aromatic N) is 2. The van der Waals surface area contributed by atoms with Gasteiger partial charge in [-0.2, -0.15) is 0 Å². The Hall–Kier alpha value is -1.86. The molecular formula is C17H22BrN3O3. The molecule has 0 aromatic carbocycles. The van der Waals surface area contributed by atoms with Gasteiger partial charge in [0.15, 0.2) is 0 Å². The van der Waals surface area contributed by atoms with E-state index in [4.69, 9.17) is 4.42 Å². The maximum atomic E-state index is 12.6. The number of hydrogen-bond acceptors (Lipinski definition) is 5. The maximum Gasteiger partial charge on any atom is 0.255 e. The zero-order valence-corrected chi connectivity index (χ0v) is 16.1. The molecule has 0 unspecified atom stereocenters. The Kier molecular flexibility index (Phi) is 5.35. The van der Waals surface area contributed by atoms with Gasteiger partial charge in [0.05, 0.1) is 12.1 Å². The normalized spacial score (nSPS) is 13.5. The quantitative estimate of drug-likeness (QED) is 0.813. The Morgan fingerprint density at radius 2 is 2.08 bits per heavy atom. The molecule has 6 nitrogen and oxygen atoms in total. The van der Waals surface area contributed by atoms with Gasteiger partial charge in [-0.25, -0.2) is 4.98 Å². The van der Waals surface area contributed by atoms with Crippen molar-refractivity contribution in [3.05, 3.63) is 45.4 Å². The molecule has 0 radical (unpaired) electrons. The molecule has 0 fully saturated rings. The monoisotopic (exact) mass is 395 g/mol. The van der Waals surface area contributed by atoms with E-state index in [0.29, 0.717) is 27.2 Å². The van der Waals surface area contributed by atoms with Gasteiger partial charge in [-0.15, -0.1) is 0 Å². The largest absolute Gasteiger partial charge is 0.466 e. The Bertz CT molecular complexity index is 754. The Morgan fingerprint density at radius 1 is 1.42 bits per heavy atom. The molecule has 0 saturated heterocycles. The van der Waals surface area contributed by atoms with E-state index < -0.39 is 5.60 Å². The number of aromatic nitrogens is 1. The van der Waals surface area contributed by atoms with Crippen LogP contribution in [0.15, 0.2) is 27.2 Å². The number of halogens is 1. The van der Waals surface area contributed by atoms with Crippen LogP contribution in [-0.4, -0.2) is 36.6 Å². The van der Waals surface area contributed by atoms with Crippen LogP contribution in [0.3, 0.4) is 0 Å². The fourth-order valence-electron chi connectivity index (χ4n) is 2.56. The third-order valence-electron chi connectivity index (χ3n) is 3.72. The van der Waals surface area contributed by atoms with E-state index in [-0.39, 0.29) is 12.5 Å². The van der Waals surface area contributed by atoms with E-state index in [0.717, 1.165) is 5.76 Å². The number of anilines is 1. The van der Waals surface area contributed by atoms with Crippen molar-refractivity contribution in [1.82, 2.24) is 10.3 Å². The lowest BCUT2D eigenvalue weighted by Gasteiger charge is -2.24. The van der Waals surface area contributed by atoms with Gasteiger partial charge in [-0.05, 0) is 48.8 Å². The van der Waals surface area contributed by atoms with Crippen molar-refractivity contribution in [3.8, 4) is 0 Å². The van der Waals surface area contributed by atoms with Crippen molar-refractivity contribution in [2.24, 2.45) is 0 Å². The Balaban J connectivity index is 2.19. The van der Waals surface area contributed by atoms with Crippen LogP contribution >= 0.6 is 15.9 Å². The van der Waals surface area contributed by atoms with Crippen LogP contribution in [0.4, 0.5) is 5.82 Å². The highest BCUT2D eigenvalue weighted by Crippen LogP contribution is 2.27. The minimum Gasteiger partial charge on any atom is -0.466 e. The zero-order chi connectivity index (χ0) is 18.1. The molecule has 2 heterocycles. The minimum atomic E-state index is -1.23. The van der Waals surface area contributed by atoms with Crippen molar-refractivity contribution >= 4 is 27.7 Å². The molecule has 0 aliphatic heterocycles. The number of nitrogens with one attached hydrogen (secondary N) is 1. The molecule has 0 spiro atoms. The summed E-state index contributed by atoms with van der Waals surface area (Å²) in [5.74, 6) is 1.63. The van der Waals surface area contributed by atoms with Gasteiger partial charge in [0.25, 0.3) is 5.91 Å². The van der Waals surface area contributed by atoms with Gasteiger partial charge >= 0.3 is 0 Å². The van der Waals surface area contributed by atoms with E-state index in [2.05, 4.69) is 26.2 Å². The molecule has 130 valence electrons. The molecule has 24 heavy (non-hydrogen) atoms. The summed E-state index contributed by atoms with van der Waals surface area (Å²) < 4.78 is 6.18. The molecule has 2 aromatic rings. The zero-order valence-electron chi connectivity index (χ0n) is 14.5. The van der Waals surface area contributed by atoms with Crippen LogP contribution < -0.4 is 10.2 Å². The number of amides is 1. The van der Waals surface area contributed by atoms with Crippen molar-refractivity contribution in [2.75, 3.05) is 25.5 Å². The highest BCUT2D eigenvalue weighted by molar-refractivity contribution is 9.10. The average molecular weight is 396 g/mol.